The van der Waals surface area contributed by atoms with E-state index in [4.69, 9.17) is 27.9 Å². The molecule has 0 aliphatic carbocycles. The molecule has 22 heavy (non-hydrogen) atoms. The minimum atomic E-state index is -0.287. The smallest absolute Gasteiger partial charge is 0.262 e. The molecule has 6 heteroatoms. The van der Waals surface area contributed by atoms with Crippen molar-refractivity contribution in [3.63, 3.8) is 0 Å². The highest BCUT2D eigenvalue weighted by molar-refractivity contribution is 6.37. The molecule has 1 N–H and O–H groups in total. The number of aromatic nitrogens is 1. The zero-order chi connectivity index (χ0) is 16.3. The minimum absolute atomic E-state index is 0.184. The Hall–Kier alpha value is -1.78. The molecule has 1 aromatic carbocycles. The molecule has 0 saturated carbocycles. The Bertz CT molecular complexity index is 691. The van der Waals surface area contributed by atoms with Gasteiger partial charge >= 0.3 is 0 Å². The van der Waals surface area contributed by atoms with Crippen molar-refractivity contribution < 1.29 is 9.53 Å². The highest BCUT2D eigenvalue weighted by Gasteiger charge is 2.15. The number of carbonyl (C=O) groups excluding carboxylic acids is 1. The molecule has 0 saturated heterocycles. The lowest BCUT2D eigenvalue weighted by atomic mass is 10.2. The number of hydrogen-bond acceptors (Lipinski definition) is 3. The average Bonchev–Trinajstić information content (AvgIpc) is 2.45. The molecule has 0 bridgehead atoms. The Morgan fingerprint density at radius 2 is 1.82 bits per heavy atom. The molecule has 0 spiro atoms. The third kappa shape index (κ3) is 3.90. The number of pyridine rings is 1. The van der Waals surface area contributed by atoms with Crippen LogP contribution in [0.25, 0.3) is 0 Å². The molecule has 0 unspecified atom stereocenters. The third-order valence-electron chi connectivity index (χ3n) is 3.02. The van der Waals surface area contributed by atoms with Gasteiger partial charge in [-0.25, -0.2) is 0 Å². The molecular formula is C16H16Cl2N2O2. The van der Waals surface area contributed by atoms with E-state index in [1.54, 1.807) is 13.8 Å². The van der Waals surface area contributed by atoms with Crippen LogP contribution in [0.15, 0.2) is 24.3 Å². The highest BCUT2D eigenvalue weighted by atomic mass is 35.5. The van der Waals surface area contributed by atoms with Crippen molar-refractivity contribution in [2.45, 2.75) is 20.8 Å². The fourth-order valence-corrected chi connectivity index (χ4v) is 2.39. The van der Waals surface area contributed by atoms with Gasteiger partial charge in [0.25, 0.3) is 5.91 Å². The normalized spacial score (nSPS) is 10.4. The SMILES string of the molecule is Cc1cccc(NC(=O)COc2c(Cl)c(C)nc(C)c2Cl)c1. The van der Waals surface area contributed by atoms with Crippen molar-refractivity contribution in [1.82, 2.24) is 4.98 Å². The van der Waals surface area contributed by atoms with Gasteiger partial charge in [0.05, 0.1) is 11.4 Å². The molecule has 0 aliphatic heterocycles. The number of rotatable bonds is 4. The van der Waals surface area contributed by atoms with Crippen LogP contribution in [0.4, 0.5) is 5.69 Å². The number of aryl methyl sites for hydroxylation is 3. The monoisotopic (exact) mass is 338 g/mol. The standard InChI is InChI=1S/C16H16Cl2N2O2/c1-9-5-4-6-12(7-9)20-13(21)8-22-16-14(17)10(2)19-11(3)15(16)18/h4-7H,8H2,1-3H3,(H,20,21). The number of benzene rings is 1. The molecule has 2 aromatic rings. The summed E-state index contributed by atoms with van der Waals surface area (Å²) in [7, 11) is 0. The number of hydrogen-bond donors (Lipinski definition) is 1. The van der Waals surface area contributed by atoms with Gasteiger partial charge in [0.2, 0.25) is 0 Å². The Morgan fingerprint density at radius 3 is 2.41 bits per heavy atom. The molecule has 116 valence electrons. The number of nitrogens with one attached hydrogen (secondary N) is 1. The van der Waals surface area contributed by atoms with Gasteiger partial charge in [-0.3, -0.25) is 9.78 Å². The summed E-state index contributed by atoms with van der Waals surface area (Å²) in [5.41, 5.74) is 2.99. The van der Waals surface area contributed by atoms with Crippen LogP contribution in [0.2, 0.25) is 10.0 Å². The van der Waals surface area contributed by atoms with Gasteiger partial charge in [-0.05, 0) is 38.5 Å². The summed E-state index contributed by atoms with van der Waals surface area (Å²) in [4.78, 5) is 16.1. The lowest BCUT2D eigenvalue weighted by Gasteiger charge is -2.13. The molecule has 2 rings (SSSR count). The zero-order valence-corrected chi connectivity index (χ0v) is 14.0. The Morgan fingerprint density at radius 1 is 1.18 bits per heavy atom. The first-order valence-electron chi connectivity index (χ1n) is 6.70. The minimum Gasteiger partial charge on any atom is -0.480 e. The second-order valence-electron chi connectivity index (χ2n) is 4.95. The molecule has 0 aliphatic rings. The van der Waals surface area contributed by atoms with Crippen molar-refractivity contribution in [2.75, 3.05) is 11.9 Å². The van der Waals surface area contributed by atoms with Crippen molar-refractivity contribution in [3.8, 4) is 5.75 Å². The van der Waals surface area contributed by atoms with Crippen LogP contribution in [-0.4, -0.2) is 17.5 Å². The van der Waals surface area contributed by atoms with Crippen molar-refractivity contribution in [2.24, 2.45) is 0 Å². The largest absolute Gasteiger partial charge is 0.480 e. The lowest BCUT2D eigenvalue weighted by molar-refractivity contribution is -0.118. The van der Waals surface area contributed by atoms with Gasteiger partial charge in [0.15, 0.2) is 12.4 Å². The van der Waals surface area contributed by atoms with Gasteiger partial charge < -0.3 is 10.1 Å². The lowest BCUT2D eigenvalue weighted by Crippen LogP contribution is -2.20. The van der Waals surface area contributed by atoms with E-state index in [1.807, 2.05) is 31.2 Å². The van der Waals surface area contributed by atoms with E-state index in [9.17, 15) is 4.79 Å². The summed E-state index contributed by atoms with van der Waals surface area (Å²) in [5.74, 6) is -0.00224. The Balaban J connectivity index is 2.06. The Kier molecular flexibility index (Phi) is 5.27. The van der Waals surface area contributed by atoms with E-state index >= 15 is 0 Å². The van der Waals surface area contributed by atoms with E-state index in [0.29, 0.717) is 27.1 Å². The topological polar surface area (TPSA) is 51.2 Å². The van der Waals surface area contributed by atoms with Crippen LogP contribution in [0.5, 0.6) is 5.75 Å². The Labute approximate surface area is 139 Å². The molecule has 0 atom stereocenters. The predicted octanol–water partition coefficient (Wildman–Crippen LogP) is 4.33. The van der Waals surface area contributed by atoms with E-state index in [2.05, 4.69) is 10.3 Å². The fraction of sp³-hybridized carbons (Fsp3) is 0.250. The molecular weight excluding hydrogens is 323 g/mol. The predicted molar refractivity (Wildman–Crippen MR) is 89.0 cm³/mol. The summed E-state index contributed by atoms with van der Waals surface area (Å²) in [6, 6.07) is 7.51. The number of ether oxygens (including phenoxy) is 1. The van der Waals surface area contributed by atoms with E-state index in [-0.39, 0.29) is 18.3 Å². The fourth-order valence-electron chi connectivity index (χ4n) is 1.96. The van der Waals surface area contributed by atoms with E-state index in [0.717, 1.165) is 5.56 Å². The zero-order valence-electron chi connectivity index (χ0n) is 12.5. The van der Waals surface area contributed by atoms with Crippen LogP contribution < -0.4 is 10.1 Å². The second-order valence-corrected chi connectivity index (χ2v) is 5.70. The van der Waals surface area contributed by atoms with Crippen LogP contribution in [0.3, 0.4) is 0 Å². The van der Waals surface area contributed by atoms with Crippen LogP contribution in [0.1, 0.15) is 17.0 Å². The summed E-state index contributed by atoms with van der Waals surface area (Å²) in [6.45, 7) is 5.28. The number of carbonyl (C=O) groups is 1. The maximum atomic E-state index is 12.0. The van der Waals surface area contributed by atoms with Gasteiger partial charge in [-0.15, -0.1) is 0 Å². The average molecular weight is 339 g/mol. The molecule has 1 amide bonds. The van der Waals surface area contributed by atoms with Gasteiger partial charge in [0, 0.05) is 5.69 Å². The summed E-state index contributed by atoms with van der Waals surface area (Å²) in [5, 5.41) is 3.39. The van der Waals surface area contributed by atoms with E-state index < -0.39 is 0 Å². The highest BCUT2D eigenvalue weighted by Crippen LogP contribution is 2.36. The molecule has 0 radical (unpaired) electrons. The summed E-state index contributed by atoms with van der Waals surface area (Å²) < 4.78 is 5.48. The number of halogens is 2. The van der Waals surface area contributed by atoms with E-state index in [1.165, 1.54) is 0 Å². The first kappa shape index (κ1) is 16.6. The molecule has 0 fully saturated rings. The van der Waals surface area contributed by atoms with Crippen molar-refractivity contribution in [1.29, 1.82) is 0 Å². The summed E-state index contributed by atoms with van der Waals surface area (Å²) >= 11 is 12.3. The van der Waals surface area contributed by atoms with Crippen LogP contribution >= 0.6 is 23.2 Å². The second kappa shape index (κ2) is 6.99. The van der Waals surface area contributed by atoms with Crippen molar-refractivity contribution in [3.05, 3.63) is 51.3 Å². The maximum Gasteiger partial charge on any atom is 0.262 e. The maximum absolute atomic E-state index is 12.0. The van der Waals surface area contributed by atoms with Crippen LogP contribution in [0, 0.1) is 20.8 Å². The first-order chi connectivity index (χ1) is 10.4. The number of anilines is 1. The first-order valence-corrected chi connectivity index (χ1v) is 7.45. The quantitative estimate of drug-likeness (QED) is 0.902. The van der Waals surface area contributed by atoms with Gasteiger partial charge in [-0.1, -0.05) is 35.3 Å². The third-order valence-corrected chi connectivity index (χ3v) is 3.91. The van der Waals surface area contributed by atoms with Gasteiger partial charge in [0.1, 0.15) is 10.0 Å². The molecule has 4 nitrogen and oxygen atoms in total. The molecule has 1 heterocycles. The van der Waals surface area contributed by atoms with Gasteiger partial charge in [-0.2, -0.15) is 0 Å². The molecule has 1 aromatic heterocycles. The van der Waals surface area contributed by atoms with Crippen LogP contribution in [-0.2, 0) is 4.79 Å². The number of nitrogens with zero attached hydrogens (tertiary/aromatic N) is 1. The van der Waals surface area contributed by atoms with Crippen molar-refractivity contribution >= 4 is 34.8 Å². The summed E-state index contributed by atoms with van der Waals surface area (Å²) in [6.07, 6.45) is 0. The number of amides is 1.